The van der Waals surface area contributed by atoms with E-state index in [1.165, 1.54) is 0 Å². The van der Waals surface area contributed by atoms with Crippen molar-refractivity contribution in [2.45, 2.75) is 37.9 Å². The van der Waals surface area contributed by atoms with E-state index in [4.69, 9.17) is 5.11 Å². The summed E-state index contributed by atoms with van der Waals surface area (Å²) >= 11 is 3.37. The predicted molar refractivity (Wildman–Crippen MR) is 51.5 cm³/mol. The molecule has 1 rings (SSSR count). The van der Waals surface area contributed by atoms with Crippen LogP contribution in [0.5, 0.6) is 0 Å². The molecule has 0 aromatic heterocycles. The molecular formula is C9H15BrO2. The molecule has 2 atom stereocenters. The summed E-state index contributed by atoms with van der Waals surface area (Å²) in [4.78, 5) is 11.0. The van der Waals surface area contributed by atoms with Gasteiger partial charge in [0, 0.05) is 0 Å². The van der Waals surface area contributed by atoms with Crippen molar-refractivity contribution in [1.82, 2.24) is 0 Å². The number of hydrogen-bond acceptors (Lipinski definition) is 1. The van der Waals surface area contributed by atoms with Crippen LogP contribution in [0.25, 0.3) is 0 Å². The fourth-order valence-corrected chi connectivity index (χ4v) is 2.49. The number of carboxylic acid groups (broad SMARTS) is 1. The lowest BCUT2D eigenvalue weighted by molar-refractivity contribution is -0.142. The van der Waals surface area contributed by atoms with Gasteiger partial charge >= 0.3 is 5.97 Å². The highest BCUT2D eigenvalue weighted by atomic mass is 79.9. The lowest BCUT2D eigenvalue weighted by Gasteiger charge is -2.35. The number of alkyl halides is 1. The predicted octanol–water partition coefficient (Wildman–Crippen LogP) is 2.66. The molecule has 2 nitrogen and oxygen atoms in total. The highest BCUT2D eigenvalue weighted by molar-refractivity contribution is 9.10. The first-order valence-corrected chi connectivity index (χ1v) is 5.04. The summed E-state index contributed by atoms with van der Waals surface area (Å²) < 4.78 is -0.709. The normalized spacial score (nSPS) is 39.8. The van der Waals surface area contributed by atoms with Crippen LogP contribution in [0.1, 0.15) is 33.6 Å². The molecule has 1 fully saturated rings. The molecule has 1 aliphatic rings. The highest BCUT2D eigenvalue weighted by Crippen LogP contribution is 2.54. The molecule has 0 aromatic rings. The average Bonchev–Trinajstić information content (AvgIpc) is 2.15. The fraction of sp³-hybridized carbons (Fsp3) is 0.889. The lowest BCUT2D eigenvalue weighted by Crippen LogP contribution is -2.43. The Kier molecular flexibility index (Phi) is 2.28. The molecule has 0 heterocycles. The monoisotopic (exact) mass is 234 g/mol. The zero-order chi connectivity index (χ0) is 9.57. The van der Waals surface area contributed by atoms with Crippen molar-refractivity contribution >= 4 is 21.9 Å². The van der Waals surface area contributed by atoms with Gasteiger partial charge in [0.05, 0.1) is 0 Å². The number of aliphatic carboxylic acids is 1. The van der Waals surface area contributed by atoms with Crippen molar-refractivity contribution in [3.63, 3.8) is 0 Å². The molecule has 0 amide bonds. The molecule has 2 unspecified atom stereocenters. The number of hydrogen-bond donors (Lipinski definition) is 1. The van der Waals surface area contributed by atoms with Crippen LogP contribution in [0.2, 0.25) is 0 Å². The van der Waals surface area contributed by atoms with E-state index >= 15 is 0 Å². The molecule has 0 radical (unpaired) electrons. The standard InChI is InChI=1S/C9H15BrO2/c1-6-4-5-9(10,7(11)12)8(6,2)3/h6H,4-5H2,1-3H3,(H,11,12). The largest absolute Gasteiger partial charge is 0.480 e. The highest BCUT2D eigenvalue weighted by Gasteiger charge is 2.56. The molecule has 70 valence electrons. The Morgan fingerprint density at radius 3 is 2.25 bits per heavy atom. The van der Waals surface area contributed by atoms with Gasteiger partial charge in [-0.15, -0.1) is 0 Å². The van der Waals surface area contributed by atoms with E-state index in [1.807, 2.05) is 13.8 Å². The molecule has 0 spiro atoms. The first-order chi connectivity index (χ1) is 5.32. The minimum absolute atomic E-state index is 0.154. The van der Waals surface area contributed by atoms with Crippen molar-refractivity contribution in [2.24, 2.45) is 11.3 Å². The summed E-state index contributed by atoms with van der Waals surface area (Å²) in [7, 11) is 0. The summed E-state index contributed by atoms with van der Waals surface area (Å²) in [5.74, 6) is -0.259. The van der Waals surface area contributed by atoms with Gasteiger partial charge < -0.3 is 5.11 Å². The van der Waals surface area contributed by atoms with Crippen molar-refractivity contribution in [2.75, 3.05) is 0 Å². The van der Waals surface area contributed by atoms with Crippen LogP contribution in [0.15, 0.2) is 0 Å². The van der Waals surface area contributed by atoms with Crippen molar-refractivity contribution in [3.05, 3.63) is 0 Å². The van der Waals surface area contributed by atoms with Crippen molar-refractivity contribution in [1.29, 1.82) is 0 Å². The topological polar surface area (TPSA) is 37.3 Å². The lowest BCUT2D eigenvalue weighted by atomic mass is 9.76. The summed E-state index contributed by atoms with van der Waals surface area (Å²) in [6.45, 7) is 6.16. The third kappa shape index (κ3) is 1.10. The van der Waals surface area contributed by atoms with Crippen LogP contribution in [-0.2, 0) is 4.79 Å². The molecule has 1 N–H and O–H groups in total. The van der Waals surface area contributed by atoms with E-state index in [9.17, 15) is 4.79 Å². The number of halogens is 1. The van der Waals surface area contributed by atoms with Crippen molar-refractivity contribution < 1.29 is 9.90 Å². The summed E-state index contributed by atoms with van der Waals surface area (Å²) in [5, 5.41) is 9.08. The van der Waals surface area contributed by atoms with E-state index in [2.05, 4.69) is 22.9 Å². The molecule has 1 saturated carbocycles. The molecule has 0 saturated heterocycles. The second-order valence-corrected chi connectivity index (χ2v) is 5.62. The average molecular weight is 235 g/mol. The Balaban J connectivity index is 3.01. The van der Waals surface area contributed by atoms with Gasteiger partial charge in [0.15, 0.2) is 0 Å². The van der Waals surface area contributed by atoms with E-state index in [0.717, 1.165) is 12.8 Å². The summed E-state index contributed by atoms with van der Waals surface area (Å²) in [5.41, 5.74) is -0.154. The second-order valence-electron chi connectivity index (χ2n) is 4.27. The van der Waals surface area contributed by atoms with Crippen LogP contribution in [0.4, 0.5) is 0 Å². The molecule has 0 aliphatic heterocycles. The number of carboxylic acids is 1. The van der Waals surface area contributed by atoms with Crippen LogP contribution >= 0.6 is 15.9 Å². The number of carbonyl (C=O) groups is 1. The van der Waals surface area contributed by atoms with Crippen LogP contribution < -0.4 is 0 Å². The Bertz CT molecular complexity index is 213. The number of rotatable bonds is 1. The van der Waals surface area contributed by atoms with Crippen LogP contribution in [-0.4, -0.2) is 15.4 Å². The van der Waals surface area contributed by atoms with E-state index in [0.29, 0.717) is 5.92 Å². The van der Waals surface area contributed by atoms with E-state index in [-0.39, 0.29) is 5.41 Å². The molecule has 12 heavy (non-hydrogen) atoms. The smallest absolute Gasteiger partial charge is 0.320 e. The van der Waals surface area contributed by atoms with Gasteiger partial charge in [0.1, 0.15) is 4.32 Å². The Labute approximate surface area is 81.5 Å². The van der Waals surface area contributed by atoms with Gasteiger partial charge in [-0.05, 0) is 24.2 Å². The maximum Gasteiger partial charge on any atom is 0.320 e. The Morgan fingerprint density at radius 2 is 2.08 bits per heavy atom. The van der Waals surface area contributed by atoms with Gasteiger partial charge in [-0.1, -0.05) is 36.7 Å². The maximum atomic E-state index is 11.0. The molecular weight excluding hydrogens is 220 g/mol. The summed E-state index contributed by atoms with van der Waals surface area (Å²) in [6, 6.07) is 0. The third-order valence-electron chi connectivity index (χ3n) is 3.51. The van der Waals surface area contributed by atoms with Crippen LogP contribution in [0, 0.1) is 11.3 Å². The van der Waals surface area contributed by atoms with E-state index < -0.39 is 10.3 Å². The van der Waals surface area contributed by atoms with Crippen LogP contribution in [0.3, 0.4) is 0 Å². The molecule has 0 aromatic carbocycles. The Hall–Kier alpha value is -0.0500. The first kappa shape index (κ1) is 10.0. The molecule has 0 bridgehead atoms. The molecule has 3 heteroatoms. The van der Waals surface area contributed by atoms with Gasteiger partial charge in [-0.25, -0.2) is 0 Å². The second kappa shape index (κ2) is 2.72. The van der Waals surface area contributed by atoms with Gasteiger partial charge in [-0.2, -0.15) is 0 Å². The SMILES string of the molecule is CC1CCC(Br)(C(=O)O)C1(C)C. The zero-order valence-electron chi connectivity index (χ0n) is 7.72. The maximum absolute atomic E-state index is 11.0. The summed E-state index contributed by atoms with van der Waals surface area (Å²) in [6.07, 6.45) is 1.72. The molecule has 1 aliphatic carbocycles. The zero-order valence-corrected chi connectivity index (χ0v) is 9.31. The third-order valence-corrected chi connectivity index (χ3v) is 5.27. The van der Waals surface area contributed by atoms with Gasteiger partial charge in [-0.3, -0.25) is 4.79 Å². The minimum Gasteiger partial charge on any atom is -0.480 e. The first-order valence-electron chi connectivity index (χ1n) is 4.24. The van der Waals surface area contributed by atoms with Gasteiger partial charge in [0.2, 0.25) is 0 Å². The Morgan fingerprint density at radius 1 is 1.58 bits per heavy atom. The van der Waals surface area contributed by atoms with Gasteiger partial charge in [0.25, 0.3) is 0 Å². The van der Waals surface area contributed by atoms with Crippen molar-refractivity contribution in [3.8, 4) is 0 Å². The minimum atomic E-state index is -0.725. The van der Waals surface area contributed by atoms with E-state index in [1.54, 1.807) is 0 Å². The quantitative estimate of drug-likeness (QED) is 0.709. The fourth-order valence-electron chi connectivity index (χ4n) is 1.87.